The lowest BCUT2D eigenvalue weighted by Crippen LogP contribution is -2.59. The topological polar surface area (TPSA) is 137 Å². The number of hydrogen-bond acceptors (Lipinski definition) is 8. The number of nitrogens with zero attached hydrogens (tertiary/aromatic N) is 1. The van der Waals surface area contributed by atoms with Crippen LogP contribution in [0.4, 0.5) is 0 Å². The predicted molar refractivity (Wildman–Crippen MR) is 71.7 cm³/mol. The Morgan fingerprint density at radius 3 is 2.21 bits per heavy atom. The van der Waals surface area contributed by atoms with E-state index in [1.165, 1.54) is 18.7 Å². The van der Waals surface area contributed by atoms with Gasteiger partial charge in [-0.15, -0.1) is 0 Å². The minimum Gasteiger partial charge on any atom is -0.379 e. The summed E-state index contributed by atoms with van der Waals surface area (Å²) in [5.41, 5.74) is 9.57. The fraction of sp³-hybridized carbons (Fsp3) is 1.00. The molecule has 0 rings (SSSR count). The molecule has 0 saturated heterocycles. The Balaban J connectivity index is 4.83. The third-order valence-electron chi connectivity index (χ3n) is 2.37. The highest BCUT2D eigenvalue weighted by molar-refractivity contribution is 4.75. The van der Waals surface area contributed by atoms with Crippen LogP contribution in [0.3, 0.4) is 0 Å². The summed E-state index contributed by atoms with van der Waals surface area (Å²) in [6.45, 7) is 5.65. The van der Waals surface area contributed by atoms with E-state index in [0.29, 0.717) is 13.1 Å². The number of nitrogens with two attached hydrogens (primary N) is 2. The maximum atomic E-state index is 10.1. The van der Waals surface area contributed by atoms with Gasteiger partial charge in [-0.3, -0.25) is 5.32 Å². The molecule has 8 heteroatoms. The summed E-state index contributed by atoms with van der Waals surface area (Å²) < 4.78 is 5.44. The number of ether oxygens (including phenoxy) is 1. The van der Waals surface area contributed by atoms with Gasteiger partial charge in [-0.05, 0) is 20.8 Å². The second-order valence-electron chi connectivity index (χ2n) is 4.86. The Kier molecular flexibility index (Phi) is 8.62. The van der Waals surface area contributed by atoms with Crippen LogP contribution in [0.25, 0.3) is 0 Å². The van der Waals surface area contributed by atoms with Gasteiger partial charge in [-0.1, -0.05) is 0 Å². The number of hydrogen-bond donors (Lipinski definition) is 6. The summed E-state index contributed by atoms with van der Waals surface area (Å²) in [5.74, 6) is 0. The van der Waals surface area contributed by atoms with Crippen LogP contribution in [-0.2, 0) is 4.74 Å². The van der Waals surface area contributed by atoms with Crippen molar-refractivity contribution in [3.05, 3.63) is 0 Å². The summed E-state index contributed by atoms with van der Waals surface area (Å²) >= 11 is 0. The van der Waals surface area contributed by atoms with Gasteiger partial charge in [0.25, 0.3) is 0 Å². The molecule has 0 aromatic carbocycles. The average molecular weight is 280 g/mol. The molecule has 116 valence electrons. The van der Waals surface area contributed by atoms with Crippen molar-refractivity contribution in [2.24, 2.45) is 11.5 Å². The third-order valence-corrected chi connectivity index (χ3v) is 2.37. The monoisotopic (exact) mass is 280 g/mol. The molecule has 19 heavy (non-hydrogen) atoms. The molecule has 0 spiro atoms. The van der Waals surface area contributed by atoms with Crippen LogP contribution < -0.4 is 16.8 Å². The van der Waals surface area contributed by atoms with E-state index in [-0.39, 0.29) is 13.2 Å². The molecule has 3 unspecified atom stereocenters. The van der Waals surface area contributed by atoms with Crippen LogP contribution >= 0.6 is 0 Å². The van der Waals surface area contributed by atoms with Gasteiger partial charge in [-0.25, -0.2) is 4.90 Å². The molecule has 0 fully saturated rings. The van der Waals surface area contributed by atoms with E-state index < -0.39 is 24.4 Å². The summed E-state index contributed by atoms with van der Waals surface area (Å²) in [4.78, 5) is 1.49. The standard InChI is InChI=1S/C11H28N4O4/c1-8(16)15(6-4-12)10(19-7-5-13)9(17)14-11(2,3)18/h8-10,14,16-18H,4-7,12-13H2,1-3H3. The van der Waals surface area contributed by atoms with E-state index in [9.17, 15) is 15.3 Å². The van der Waals surface area contributed by atoms with Gasteiger partial charge in [0.1, 0.15) is 18.2 Å². The van der Waals surface area contributed by atoms with E-state index in [4.69, 9.17) is 16.2 Å². The predicted octanol–water partition coefficient (Wildman–Crippen LogP) is -2.48. The molecule has 8 N–H and O–H groups in total. The first-order valence-electron chi connectivity index (χ1n) is 6.36. The summed E-state index contributed by atoms with van der Waals surface area (Å²) in [5, 5.41) is 32.0. The molecular formula is C11H28N4O4. The first kappa shape index (κ1) is 18.7. The Morgan fingerprint density at radius 2 is 1.84 bits per heavy atom. The maximum absolute atomic E-state index is 10.1. The largest absolute Gasteiger partial charge is 0.379 e. The third kappa shape index (κ3) is 7.75. The van der Waals surface area contributed by atoms with Crippen molar-refractivity contribution in [2.45, 2.75) is 45.2 Å². The summed E-state index contributed by atoms with van der Waals surface area (Å²) in [6.07, 6.45) is -2.92. The molecule has 0 bridgehead atoms. The molecule has 0 aromatic heterocycles. The van der Waals surface area contributed by atoms with Gasteiger partial charge in [-0.2, -0.15) is 0 Å². The Hall–Kier alpha value is -0.320. The molecule has 0 aliphatic rings. The summed E-state index contributed by atoms with van der Waals surface area (Å²) in [7, 11) is 0. The lowest BCUT2D eigenvalue weighted by atomic mass is 10.2. The van der Waals surface area contributed by atoms with Gasteiger partial charge >= 0.3 is 0 Å². The molecular weight excluding hydrogens is 252 g/mol. The Bertz CT molecular complexity index is 235. The van der Waals surface area contributed by atoms with Crippen LogP contribution in [-0.4, -0.2) is 70.9 Å². The Labute approximate surface area is 114 Å². The highest BCUT2D eigenvalue weighted by Gasteiger charge is 2.31. The van der Waals surface area contributed by atoms with Gasteiger partial charge in [0.15, 0.2) is 6.23 Å². The Morgan fingerprint density at radius 1 is 1.26 bits per heavy atom. The second kappa shape index (κ2) is 8.77. The minimum atomic E-state index is -1.28. The van der Waals surface area contributed by atoms with Gasteiger partial charge in [0.2, 0.25) is 0 Å². The van der Waals surface area contributed by atoms with Crippen molar-refractivity contribution in [1.82, 2.24) is 10.2 Å². The first-order valence-corrected chi connectivity index (χ1v) is 6.36. The van der Waals surface area contributed by atoms with E-state index in [2.05, 4.69) is 5.32 Å². The highest BCUT2D eigenvalue weighted by atomic mass is 16.5. The molecule has 0 aromatic rings. The molecule has 3 atom stereocenters. The van der Waals surface area contributed by atoms with E-state index in [1.54, 1.807) is 6.92 Å². The quantitative estimate of drug-likeness (QED) is 0.242. The number of aliphatic hydroxyl groups excluding tert-OH is 2. The van der Waals surface area contributed by atoms with Crippen molar-refractivity contribution in [3.8, 4) is 0 Å². The van der Waals surface area contributed by atoms with Crippen molar-refractivity contribution in [2.75, 3.05) is 26.2 Å². The van der Waals surface area contributed by atoms with Gasteiger partial charge in [0.05, 0.1) is 6.61 Å². The van der Waals surface area contributed by atoms with Crippen molar-refractivity contribution < 1.29 is 20.1 Å². The van der Waals surface area contributed by atoms with Crippen LogP contribution in [0.15, 0.2) is 0 Å². The van der Waals surface area contributed by atoms with Crippen molar-refractivity contribution in [1.29, 1.82) is 0 Å². The normalized spacial score (nSPS) is 17.5. The van der Waals surface area contributed by atoms with Crippen LogP contribution in [0.5, 0.6) is 0 Å². The molecule has 0 heterocycles. The lowest BCUT2D eigenvalue weighted by molar-refractivity contribution is -0.188. The van der Waals surface area contributed by atoms with Crippen molar-refractivity contribution in [3.63, 3.8) is 0 Å². The number of nitrogens with one attached hydrogen (secondary N) is 1. The molecule has 0 aliphatic heterocycles. The van der Waals surface area contributed by atoms with Crippen LogP contribution in [0, 0.1) is 0 Å². The van der Waals surface area contributed by atoms with Gasteiger partial charge < -0.3 is 31.5 Å². The van der Waals surface area contributed by atoms with Gasteiger partial charge in [0, 0.05) is 19.6 Å². The molecule has 0 aliphatic carbocycles. The van der Waals surface area contributed by atoms with Crippen molar-refractivity contribution >= 4 is 0 Å². The second-order valence-corrected chi connectivity index (χ2v) is 4.86. The minimum absolute atomic E-state index is 0.211. The number of rotatable bonds is 10. The van der Waals surface area contributed by atoms with Crippen LogP contribution in [0.1, 0.15) is 20.8 Å². The zero-order valence-corrected chi connectivity index (χ0v) is 11.9. The molecule has 8 nitrogen and oxygen atoms in total. The fourth-order valence-corrected chi connectivity index (χ4v) is 1.67. The maximum Gasteiger partial charge on any atom is 0.152 e. The number of aliphatic hydroxyl groups is 3. The van der Waals surface area contributed by atoms with E-state index >= 15 is 0 Å². The summed E-state index contributed by atoms with van der Waals surface area (Å²) in [6, 6.07) is 0. The van der Waals surface area contributed by atoms with E-state index in [0.717, 1.165) is 0 Å². The zero-order valence-electron chi connectivity index (χ0n) is 11.9. The molecule has 0 saturated carbocycles. The fourth-order valence-electron chi connectivity index (χ4n) is 1.67. The first-order chi connectivity index (χ1) is 8.72. The smallest absolute Gasteiger partial charge is 0.152 e. The SMILES string of the molecule is CC(O)N(CCN)C(OCCN)C(O)NC(C)(C)O. The zero-order chi connectivity index (χ0) is 15.1. The average Bonchev–Trinajstić information content (AvgIpc) is 2.25. The molecule has 0 amide bonds. The van der Waals surface area contributed by atoms with E-state index in [1.807, 2.05) is 0 Å². The molecule has 0 radical (unpaired) electrons. The lowest BCUT2D eigenvalue weighted by Gasteiger charge is -2.38. The highest BCUT2D eigenvalue weighted by Crippen LogP contribution is 2.11. The van der Waals surface area contributed by atoms with Crippen LogP contribution in [0.2, 0.25) is 0 Å².